The standard InChI is InChI=1S/C20H17N3O5S/c1-28-19-11-3-2-10-18(19)23-29(26,27)17-9-4-6-14(12-17)20(24)21-15-7-5-8-16(13-15)22-25/h2-13,23H,1H3,(H,21,24). The van der Waals surface area contributed by atoms with Gasteiger partial charge in [-0.15, -0.1) is 4.91 Å². The molecule has 8 nitrogen and oxygen atoms in total. The number of nitrogens with zero attached hydrogens (tertiary/aromatic N) is 1. The first-order valence-corrected chi connectivity index (χ1v) is 9.92. The fourth-order valence-electron chi connectivity index (χ4n) is 2.58. The molecule has 0 radical (unpaired) electrons. The van der Waals surface area contributed by atoms with E-state index in [-0.39, 0.29) is 21.8 Å². The van der Waals surface area contributed by atoms with Gasteiger partial charge in [0.1, 0.15) is 11.4 Å². The molecule has 148 valence electrons. The zero-order chi connectivity index (χ0) is 20.9. The lowest BCUT2D eigenvalue weighted by molar-refractivity contribution is 0.102. The van der Waals surface area contributed by atoms with Crippen molar-refractivity contribution in [2.45, 2.75) is 4.90 Å². The minimum Gasteiger partial charge on any atom is -0.495 e. The van der Waals surface area contributed by atoms with Gasteiger partial charge in [0.15, 0.2) is 0 Å². The average Bonchev–Trinajstić information content (AvgIpc) is 2.74. The highest BCUT2D eigenvalue weighted by Gasteiger charge is 2.18. The summed E-state index contributed by atoms with van der Waals surface area (Å²) in [6.07, 6.45) is 0. The Morgan fingerprint density at radius 3 is 2.48 bits per heavy atom. The molecule has 0 aliphatic rings. The Bertz CT molecular complexity index is 1160. The SMILES string of the molecule is COc1ccccc1NS(=O)(=O)c1cccc(C(=O)Nc2cccc(N=O)c2)c1. The molecule has 2 N–H and O–H groups in total. The van der Waals surface area contributed by atoms with E-state index in [1.807, 2.05) is 0 Å². The van der Waals surface area contributed by atoms with Crippen LogP contribution in [0.1, 0.15) is 10.4 Å². The third-order valence-corrected chi connectivity index (χ3v) is 5.33. The molecular formula is C20H17N3O5S. The van der Waals surface area contributed by atoms with Gasteiger partial charge in [-0.25, -0.2) is 8.42 Å². The molecule has 29 heavy (non-hydrogen) atoms. The predicted molar refractivity (Wildman–Crippen MR) is 110 cm³/mol. The predicted octanol–water partition coefficient (Wildman–Crippen LogP) is 4.15. The van der Waals surface area contributed by atoms with E-state index in [1.165, 1.54) is 43.5 Å². The van der Waals surface area contributed by atoms with Crippen LogP contribution in [0.25, 0.3) is 0 Å². The largest absolute Gasteiger partial charge is 0.495 e. The van der Waals surface area contributed by atoms with Crippen LogP contribution >= 0.6 is 0 Å². The van der Waals surface area contributed by atoms with Crippen molar-refractivity contribution in [2.75, 3.05) is 17.1 Å². The maximum atomic E-state index is 12.7. The molecule has 0 spiro atoms. The fourth-order valence-corrected chi connectivity index (χ4v) is 3.70. The zero-order valence-corrected chi connectivity index (χ0v) is 16.1. The van der Waals surface area contributed by atoms with Crippen LogP contribution in [0.15, 0.2) is 82.9 Å². The molecule has 0 atom stereocenters. The van der Waals surface area contributed by atoms with Gasteiger partial charge in [-0.3, -0.25) is 9.52 Å². The van der Waals surface area contributed by atoms with E-state index in [1.54, 1.807) is 36.4 Å². The Balaban J connectivity index is 1.84. The molecule has 0 saturated carbocycles. The Kier molecular flexibility index (Phi) is 5.89. The van der Waals surface area contributed by atoms with Crippen LogP contribution in [0.2, 0.25) is 0 Å². The van der Waals surface area contributed by atoms with Gasteiger partial charge in [-0.05, 0) is 53.7 Å². The van der Waals surface area contributed by atoms with Gasteiger partial charge in [0.05, 0.1) is 17.7 Å². The number of nitrogens with one attached hydrogen (secondary N) is 2. The Labute approximate surface area is 167 Å². The van der Waals surface area contributed by atoms with E-state index < -0.39 is 15.9 Å². The van der Waals surface area contributed by atoms with E-state index in [9.17, 15) is 18.1 Å². The van der Waals surface area contributed by atoms with E-state index >= 15 is 0 Å². The summed E-state index contributed by atoms with van der Waals surface area (Å²) in [5.41, 5.74) is 0.952. The van der Waals surface area contributed by atoms with Gasteiger partial charge in [-0.1, -0.05) is 24.3 Å². The van der Waals surface area contributed by atoms with Crippen LogP contribution in [0, 0.1) is 4.91 Å². The third-order valence-electron chi connectivity index (χ3n) is 3.97. The van der Waals surface area contributed by atoms with Crippen molar-refractivity contribution in [1.82, 2.24) is 0 Å². The maximum Gasteiger partial charge on any atom is 0.262 e. The Morgan fingerprint density at radius 2 is 1.72 bits per heavy atom. The maximum absolute atomic E-state index is 12.7. The van der Waals surface area contributed by atoms with Crippen molar-refractivity contribution in [3.8, 4) is 5.75 Å². The first kappa shape index (κ1) is 20.0. The second kappa shape index (κ2) is 8.53. The summed E-state index contributed by atoms with van der Waals surface area (Å²) in [7, 11) is -2.51. The number of hydrogen-bond donors (Lipinski definition) is 2. The summed E-state index contributed by atoms with van der Waals surface area (Å²) < 4.78 is 33.1. The lowest BCUT2D eigenvalue weighted by atomic mass is 10.2. The van der Waals surface area contributed by atoms with Gasteiger partial charge in [-0.2, -0.15) is 0 Å². The molecule has 3 rings (SSSR count). The summed E-state index contributed by atoms with van der Waals surface area (Å²) in [4.78, 5) is 23.0. The van der Waals surface area contributed by atoms with Gasteiger partial charge in [0.25, 0.3) is 15.9 Å². The van der Waals surface area contributed by atoms with Crippen LogP contribution in [0.4, 0.5) is 17.1 Å². The van der Waals surface area contributed by atoms with E-state index in [4.69, 9.17) is 4.74 Å². The Hall–Kier alpha value is -3.72. The molecule has 0 aliphatic carbocycles. The van der Waals surface area contributed by atoms with Crippen molar-refractivity contribution in [3.63, 3.8) is 0 Å². The molecule has 0 aromatic heterocycles. The van der Waals surface area contributed by atoms with Crippen molar-refractivity contribution < 1.29 is 17.9 Å². The monoisotopic (exact) mass is 411 g/mol. The molecule has 0 heterocycles. The van der Waals surface area contributed by atoms with E-state index in [0.29, 0.717) is 11.4 Å². The lowest BCUT2D eigenvalue weighted by Crippen LogP contribution is -2.16. The minimum absolute atomic E-state index is 0.0839. The van der Waals surface area contributed by atoms with Gasteiger partial charge >= 0.3 is 0 Å². The summed E-state index contributed by atoms with van der Waals surface area (Å²) in [5.74, 6) is -0.156. The number of carbonyl (C=O) groups excluding carboxylic acids is 1. The molecule has 0 fully saturated rings. The summed E-state index contributed by atoms with van der Waals surface area (Å²) in [5, 5.41) is 5.42. The number of methoxy groups -OCH3 is 1. The number of anilines is 2. The van der Waals surface area contributed by atoms with Crippen LogP contribution in [0.3, 0.4) is 0 Å². The number of benzene rings is 3. The topological polar surface area (TPSA) is 114 Å². The normalized spacial score (nSPS) is 10.8. The van der Waals surface area contributed by atoms with Crippen molar-refractivity contribution in [2.24, 2.45) is 5.18 Å². The number of hydrogen-bond acceptors (Lipinski definition) is 6. The molecule has 1 amide bonds. The Morgan fingerprint density at radius 1 is 0.966 bits per heavy atom. The van der Waals surface area contributed by atoms with Crippen LogP contribution in [0.5, 0.6) is 5.75 Å². The highest BCUT2D eigenvalue weighted by atomic mass is 32.2. The number of nitroso groups, excluding NO2 is 1. The number of carbonyl (C=O) groups is 1. The fraction of sp³-hybridized carbons (Fsp3) is 0.0500. The van der Waals surface area contributed by atoms with Crippen LogP contribution < -0.4 is 14.8 Å². The molecule has 0 aliphatic heterocycles. The van der Waals surface area contributed by atoms with Crippen LogP contribution in [-0.4, -0.2) is 21.4 Å². The first-order chi connectivity index (χ1) is 13.9. The first-order valence-electron chi connectivity index (χ1n) is 8.43. The molecular weight excluding hydrogens is 394 g/mol. The van der Waals surface area contributed by atoms with Crippen LogP contribution in [-0.2, 0) is 10.0 Å². The lowest BCUT2D eigenvalue weighted by Gasteiger charge is -2.12. The quantitative estimate of drug-likeness (QED) is 0.567. The molecule has 0 saturated heterocycles. The third kappa shape index (κ3) is 4.77. The van der Waals surface area contributed by atoms with E-state index in [2.05, 4.69) is 15.2 Å². The summed E-state index contributed by atoms with van der Waals surface area (Å²) >= 11 is 0. The van der Waals surface area contributed by atoms with Crippen molar-refractivity contribution in [1.29, 1.82) is 0 Å². The van der Waals surface area contributed by atoms with Crippen molar-refractivity contribution >= 4 is 33.0 Å². The second-order valence-electron chi connectivity index (χ2n) is 5.93. The van der Waals surface area contributed by atoms with Gasteiger partial charge in [0.2, 0.25) is 0 Å². The minimum atomic E-state index is -3.95. The smallest absolute Gasteiger partial charge is 0.262 e. The van der Waals surface area contributed by atoms with Gasteiger partial charge < -0.3 is 10.1 Å². The number of amides is 1. The number of rotatable bonds is 7. The number of sulfonamides is 1. The molecule has 0 unspecified atom stereocenters. The second-order valence-corrected chi connectivity index (χ2v) is 7.61. The highest BCUT2D eigenvalue weighted by Crippen LogP contribution is 2.26. The summed E-state index contributed by atoms with van der Waals surface area (Å²) in [6, 6.07) is 18.3. The average molecular weight is 411 g/mol. The summed E-state index contributed by atoms with van der Waals surface area (Å²) in [6.45, 7) is 0. The van der Waals surface area contributed by atoms with E-state index in [0.717, 1.165) is 0 Å². The number of para-hydroxylation sites is 2. The molecule has 3 aromatic carbocycles. The zero-order valence-electron chi connectivity index (χ0n) is 15.3. The number of ether oxygens (including phenoxy) is 1. The highest BCUT2D eigenvalue weighted by molar-refractivity contribution is 7.92. The molecule has 0 bridgehead atoms. The molecule has 9 heteroatoms. The van der Waals surface area contributed by atoms with Gasteiger partial charge in [0, 0.05) is 11.3 Å². The molecule has 3 aromatic rings. The van der Waals surface area contributed by atoms with Crippen molar-refractivity contribution in [3.05, 3.63) is 83.3 Å².